The van der Waals surface area contributed by atoms with Crippen LogP contribution in [0.4, 0.5) is 11.5 Å². The normalized spacial score (nSPS) is 18.6. The van der Waals surface area contributed by atoms with Crippen molar-refractivity contribution in [3.63, 3.8) is 0 Å². The summed E-state index contributed by atoms with van der Waals surface area (Å²) < 4.78 is 17.1. The first-order valence-electron chi connectivity index (χ1n) is 8.56. The van der Waals surface area contributed by atoms with Crippen LogP contribution < -0.4 is 20.8 Å². The number of nitrogens with two attached hydrogens (primary N) is 1. The van der Waals surface area contributed by atoms with Crippen LogP contribution in [-0.4, -0.2) is 41.7 Å². The molecule has 0 radical (unpaired) electrons. The van der Waals surface area contributed by atoms with Crippen LogP contribution in [-0.2, 0) is 9.31 Å². The molecular formula is C18H19BN4O4. The minimum Gasteiger partial charge on any atom is -0.534 e. The molecule has 4 rings (SSSR count). The van der Waals surface area contributed by atoms with Crippen molar-refractivity contribution in [3.8, 4) is 5.88 Å². The van der Waals surface area contributed by atoms with Crippen molar-refractivity contribution in [2.75, 3.05) is 23.8 Å². The highest BCUT2D eigenvalue weighted by atomic mass is 16.7. The number of nitrogen functional groups attached to an aromatic ring is 1. The summed E-state index contributed by atoms with van der Waals surface area (Å²) in [6.45, 7) is 8.37. The summed E-state index contributed by atoms with van der Waals surface area (Å²) in [4.78, 5) is 22.4. The second-order valence-corrected chi connectivity index (χ2v) is 6.84. The van der Waals surface area contributed by atoms with Crippen LogP contribution in [0.15, 0.2) is 42.9 Å². The number of benzene rings is 1. The number of carbonyl (C=O) groups excluding carboxylic acids is 1. The third-order valence-electron chi connectivity index (χ3n) is 4.65. The molecule has 1 saturated heterocycles. The Hall–Kier alpha value is -3.07. The number of ether oxygens (including phenoxy) is 1. The maximum absolute atomic E-state index is 13.0. The van der Waals surface area contributed by atoms with Gasteiger partial charge >= 0.3 is 7.12 Å². The summed E-state index contributed by atoms with van der Waals surface area (Å²) in [6, 6.07) is 7.39. The minimum atomic E-state index is -0.539. The van der Waals surface area contributed by atoms with Gasteiger partial charge in [0.2, 0.25) is 5.88 Å². The van der Waals surface area contributed by atoms with E-state index in [9.17, 15) is 4.79 Å². The molecule has 0 aliphatic carbocycles. The molecule has 9 heteroatoms. The monoisotopic (exact) mass is 366 g/mol. The third kappa shape index (κ3) is 2.99. The first kappa shape index (κ1) is 17.4. The van der Waals surface area contributed by atoms with Crippen LogP contribution in [0.5, 0.6) is 5.88 Å². The van der Waals surface area contributed by atoms with Gasteiger partial charge in [-0.05, 0) is 31.4 Å². The molecule has 2 aliphatic heterocycles. The predicted octanol–water partition coefficient (Wildman–Crippen LogP) is 1.13. The highest BCUT2D eigenvalue weighted by Gasteiger charge is 2.42. The Kier molecular flexibility index (Phi) is 4.03. The lowest BCUT2D eigenvalue weighted by Crippen LogP contribution is -2.36. The highest BCUT2D eigenvalue weighted by molar-refractivity contribution is 6.62. The average molecular weight is 366 g/mol. The van der Waals surface area contributed by atoms with Gasteiger partial charge in [-0.3, -0.25) is 4.79 Å². The zero-order valence-corrected chi connectivity index (χ0v) is 15.1. The SMILES string of the molecule is C=C1OB(c2ccc(N3CCOc4ncnc(N)c4C3=O)cc2)OC1(C)C. The van der Waals surface area contributed by atoms with Gasteiger partial charge in [0.25, 0.3) is 5.91 Å². The largest absolute Gasteiger partial charge is 0.563 e. The molecular weight excluding hydrogens is 347 g/mol. The van der Waals surface area contributed by atoms with Gasteiger partial charge in [-0.15, -0.1) is 0 Å². The van der Waals surface area contributed by atoms with Crippen molar-refractivity contribution in [2.24, 2.45) is 0 Å². The van der Waals surface area contributed by atoms with Gasteiger partial charge in [0.05, 0.1) is 12.3 Å². The van der Waals surface area contributed by atoms with Gasteiger partial charge in [0.15, 0.2) is 0 Å². The summed E-state index contributed by atoms with van der Waals surface area (Å²) in [7, 11) is -0.519. The van der Waals surface area contributed by atoms with Gasteiger partial charge in [0.1, 0.15) is 29.9 Å². The minimum absolute atomic E-state index is 0.0991. The third-order valence-corrected chi connectivity index (χ3v) is 4.65. The second kappa shape index (κ2) is 6.28. The number of hydrogen-bond acceptors (Lipinski definition) is 7. The molecule has 0 unspecified atom stereocenters. The molecule has 2 N–H and O–H groups in total. The molecule has 1 aromatic carbocycles. The van der Waals surface area contributed by atoms with Gasteiger partial charge in [-0.1, -0.05) is 18.7 Å². The van der Waals surface area contributed by atoms with E-state index in [1.807, 2.05) is 38.1 Å². The average Bonchev–Trinajstić information content (AvgIpc) is 2.80. The van der Waals surface area contributed by atoms with Crippen molar-refractivity contribution in [1.82, 2.24) is 9.97 Å². The summed E-state index contributed by atoms with van der Waals surface area (Å²) in [5.74, 6) is 0.599. The van der Waals surface area contributed by atoms with Crippen LogP contribution in [0, 0.1) is 0 Å². The quantitative estimate of drug-likeness (QED) is 0.796. The molecule has 1 fully saturated rings. The topological polar surface area (TPSA) is 99.8 Å². The predicted molar refractivity (Wildman–Crippen MR) is 101 cm³/mol. The molecule has 0 saturated carbocycles. The van der Waals surface area contributed by atoms with E-state index in [1.165, 1.54) is 6.33 Å². The molecule has 0 atom stereocenters. The lowest BCUT2D eigenvalue weighted by Gasteiger charge is -2.20. The number of amides is 1. The smallest absolute Gasteiger partial charge is 0.534 e. The molecule has 138 valence electrons. The highest BCUT2D eigenvalue weighted by Crippen LogP contribution is 2.30. The van der Waals surface area contributed by atoms with Gasteiger partial charge in [0, 0.05) is 5.69 Å². The molecule has 1 aromatic heterocycles. The molecule has 2 aliphatic rings. The fraction of sp³-hybridized carbons (Fsp3) is 0.278. The molecule has 8 nitrogen and oxygen atoms in total. The van der Waals surface area contributed by atoms with E-state index in [0.717, 1.165) is 5.46 Å². The lowest BCUT2D eigenvalue weighted by molar-refractivity contribution is 0.0990. The Balaban J connectivity index is 1.60. The van der Waals surface area contributed by atoms with E-state index < -0.39 is 12.7 Å². The Bertz CT molecular complexity index is 916. The van der Waals surface area contributed by atoms with Crippen molar-refractivity contribution in [2.45, 2.75) is 19.4 Å². The maximum atomic E-state index is 13.0. The number of nitrogens with zero attached hydrogens (tertiary/aromatic N) is 3. The van der Waals surface area contributed by atoms with Gasteiger partial charge in [-0.2, -0.15) is 0 Å². The number of fused-ring (bicyclic) bond motifs is 1. The number of carbonyl (C=O) groups is 1. The molecule has 2 aromatic rings. The number of rotatable bonds is 2. The number of anilines is 2. The summed E-state index contributed by atoms with van der Waals surface area (Å²) >= 11 is 0. The Labute approximate surface area is 157 Å². The second-order valence-electron chi connectivity index (χ2n) is 6.84. The molecule has 3 heterocycles. The van der Waals surface area contributed by atoms with E-state index in [2.05, 4.69) is 16.5 Å². The molecule has 0 bridgehead atoms. The Morgan fingerprint density at radius 3 is 2.67 bits per heavy atom. The van der Waals surface area contributed by atoms with E-state index in [0.29, 0.717) is 24.6 Å². The molecule has 27 heavy (non-hydrogen) atoms. The standard InChI is InChI=1S/C18H19BN4O4/c1-11-18(2,3)27-19(26-11)12-4-6-13(7-5-12)23-8-9-25-16-14(17(23)24)15(20)21-10-22-16/h4-7,10H,1,8-9H2,2-3H3,(H2,20,21,22). The van der Waals surface area contributed by atoms with E-state index in [-0.39, 0.29) is 23.2 Å². The number of hydrogen-bond donors (Lipinski definition) is 1. The summed E-state index contributed by atoms with van der Waals surface area (Å²) in [6.07, 6.45) is 1.28. The van der Waals surface area contributed by atoms with E-state index in [4.69, 9.17) is 19.8 Å². The summed E-state index contributed by atoms with van der Waals surface area (Å²) in [5.41, 5.74) is 7.06. The first-order chi connectivity index (χ1) is 12.9. The lowest BCUT2D eigenvalue weighted by atomic mass is 9.79. The number of aromatic nitrogens is 2. The Morgan fingerprint density at radius 2 is 2.00 bits per heavy atom. The van der Waals surface area contributed by atoms with Crippen molar-refractivity contribution >= 4 is 30.0 Å². The fourth-order valence-corrected chi connectivity index (χ4v) is 2.99. The van der Waals surface area contributed by atoms with E-state index >= 15 is 0 Å². The van der Waals surface area contributed by atoms with Crippen LogP contribution in [0.1, 0.15) is 24.2 Å². The molecule has 1 amide bonds. The van der Waals surface area contributed by atoms with Crippen LogP contribution in [0.25, 0.3) is 0 Å². The van der Waals surface area contributed by atoms with Crippen molar-refractivity contribution in [1.29, 1.82) is 0 Å². The maximum Gasteiger partial charge on any atom is 0.563 e. The van der Waals surface area contributed by atoms with Gasteiger partial charge < -0.3 is 24.7 Å². The first-order valence-corrected chi connectivity index (χ1v) is 8.56. The van der Waals surface area contributed by atoms with Crippen molar-refractivity contribution in [3.05, 3.63) is 48.5 Å². The molecule has 0 spiro atoms. The van der Waals surface area contributed by atoms with Crippen molar-refractivity contribution < 1.29 is 18.8 Å². The Morgan fingerprint density at radius 1 is 1.26 bits per heavy atom. The zero-order chi connectivity index (χ0) is 19.2. The summed E-state index contributed by atoms with van der Waals surface area (Å²) in [5, 5.41) is 0. The fourth-order valence-electron chi connectivity index (χ4n) is 2.99. The van der Waals surface area contributed by atoms with Crippen LogP contribution in [0.2, 0.25) is 0 Å². The van der Waals surface area contributed by atoms with E-state index in [1.54, 1.807) is 4.90 Å². The van der Waals surface area contributed by atoms with Crippen LogP contribution >= 0.6 is 0 Å². The van der Waals surface area contributed by atoms with Gasteiger partial charge in [-0.25, -0.2) is 9.97 Å². The van der Waals surface area contributed by atoms with Crippen LogP contribution in [0.3, 0.4) is 0 Å². The zero-order valence-electron chi connectivity index (χ0n) is 15.1.